The summed E-state index contributed by atoms with van der Waals surface area (Å²) in [6.07, 6.45) is 2.94. The first-order valence-corrected chi connectivity index (χ1v) is 3.78. The molecule has 64 valence electrons. The van der Waals surface area contributed by atoms with Crippen LogP contribution in [0, 0.1) is 5.92 Å². The Balaban J connectivity index is 4.05. The summed E-state index contributed by atoms with van der Waals surface area (Å²) in [5.41, 5.74) is -0.884. The quantitative estimate of drug-likeness (QED) is 0.629. The van der Waals surface area contributed by atoms with Gasteiger partial charge in [-0.15, -0.1) is 0 Å². The van der Waals surface area contributed by atoms with Gasteiger partial charge in [0.2, 0.25) is 0 Å². The maximum absolute atomic E-state index is 11.0. The average Bonchev–Trinajstić information content (AvgIpc) is 1.80. The van der Waals surface area contributed by atoms with E-state index in [1.807, 2.05) is 13.8 Å². The lowest BCUT2D eigenvalue weighted by atomic mass is 10.0. The molecule has 1 N–H and O–H groups in total. The van der Waals surface area contributed by atoms with Gasteiger partial charge in [-0.25, -0.2) is 0 Å². The Hall–Kier alpha value is -0.630. The predicted octanol–water partition coefficient (Wildman–Crippen LogP) is 1.54. The Morgan fingerprint density at radius 3 is 2.18 bits per heavy atom. The lowest BCUT2D eigenvalue weighted by Gasteiger charge is -2.09. The molecule has 0 aliphatic heterocycles. The van der Waals surface area contributed by atoms with E-state index < -0.39 is 5.60 Å². The van der Waals surface area contributed by atoms with E-state index >= 15 is 0 Å². The van der Waals surface area contributed by atoms with Crippen LogP contribution in [0.3, 0.4) is 0 Å². The van der Waals surface area contributed by atoms with Gasteiger partial charge in [-0.1, -0.05) is 19.9 Å². The Morgan fingerprint density at radius 2 is 1.91 bits per heavy atom. The van der Waals surface area contributed by atoms with Gasteiger partial charge in [0.05, 0.1) is 5.60 Å². The van der Waals surface area contributed by atoms with Crippen molar-refractivity contribution in [1.29, 1.82) is 0 Å². The number of hydrogen-bond donors (Lipinski definition) is 1. The van der Waals surface area contributed by atoms with Crippen LogP contribution in [-0.4, -0.2) is 16.5 Å². The Bertz CT molecular complexity index is 161. The van der Waals surface area contributed by atoms with E-state index in [-0.39, 0.29) is 11.7 Å². The monoisotopic (exact) mass is 156 g/mol. The summed E-state index contributed by atoms with van der Waals surface area (Å²) >= 11 is 0. The highest BCUT2D eigenvalue weighted by molar-refractivity contribution is 5.91. The van der Waals surface area contributed by atoms with Crippen LogP contribution >= 0.6 is 0 Å². The molecule has 0 rings (SSSR count). The van der Waals surface area contributed by atoms with Crippen LogP contribution in [0.5, 0.6) is 0 Å². The molecule has 0 bridgehead atoms. The number of carbonyl (C=O) groups is 1. The van der Waals surface area contributed by atoms with E-state index in [0.29, 0.717) is 0 Å². The SMILES string of the molecule is CC(C)C(=O)/C=C/C(C)(C)O. The van der Waals surface area contributed by atoms with Crippen LogP contribution in [0.1, 0.15) is 27.7 Å². The Labute approximate surface area is 67.9 Å². The third-order valence-corrected chi connectivity index (χ3v) is 1.22. The standard InChI is InChI=1S/C9H16O2/c1-7(2)8(10)5-6-9(3,4)11/h5-7,11H,1-4H3/b6-5+. The summed E-state index contributed by atoms with van der Waals surface area (Å²) in [5.74, 6) is 0.0562. The molecule has 0 aromatic heterocycles. The minimum atomic E-state index is -0.884. The molecule has 0 aliphatic rings. The highest BCUT2D eigenvalue weighted by Gasteiger charge is 2.08. The summed E-state index contributed by atoms with van der Waals surface area (Å²) < 4.78 is 0. The summed E-state index contributed by atoms with van der Waals surface area (Å²) in [6, 6.07) is 0. The molecule has 0 atom stereocenters. The van der Waals surface area contributed by atoms with Crippen molar-refractivity contribution < 1.29 is 9.90 Å². The van der Waals surface area contributed by atoms with Gasteiger partial charge in [0.1, 0.15) is 0 Å². The second-order valence-corrected chi connectivity index (χ2v) is 3.54. The van der Waals surface area contributed by atoms with Crippen molar-refractivity contribution in [3.8, 4) is 0 Å². The average molecular weight is 156 g/mol. The Kier molecular flexibility index (Phi) is 3.46. The molecular formula is C9H16O2. The second kappa shape index (κ2) is 3.67. The number of rotatable bonds is 3. The first kappa shape index (κ1) is 10.4. The first-order chi connectivity index (χ1) is 4.83. The minimum absolute atomic E-state index is 0.00796. The molecule has 0 aliphatic carbocycles. The molecule has 0 aromatic rings. The fourth-order valence-electron chi connectivity index (χ4n) is 0.479. The molecule has 0 amide bonds. The van der Waals surface area contributed by atoms with Gasteiger partial charge < -0.3 is 5.11 Å². The van der Waals surface area contributed by atoms with Crippen molar-refractivity contribution in [2.24, 2.45) is 5.92 Å². The van der Waals surface area contributed by atoms with Gasteiger partial charge >= 0.3 is 0 Å². The molecule has 0 saturated carbocycles. The summed E-state index contributed by atoms with van der Waals surface area (Å²) in [6.45, 7) is 6.93. The van der Waals surface area contributed by atoms with Crippen LogP contribution in [0.15, 0.2) is 12.2 Å². The molecule has 0 heterocycles. The van der Waals surface area contributed by atoms with E-state index in [9.17, 15) is 9.90 Å². The number of carbonyl (C=O) groups excluding carboxylic acids is 1. The predicted molar refractivity (Wildman–Crippen MR) is 45.3 cm³/mol. The van der Waals surface area contributed by atoms with E-state index in [4.69, 9.17) is 0 Å². The van der Waals surface area contributed by atoms with Crippen LogP contribution in [0.4, 0.5) is 0 Å². The molecule has 0 fully saturated rings. The van der Waals surface area contributed by atoms with E-state index in [0.717, 1.165) is 0 Å². The normalized spacial score (nSPS) is 12.9. The van der Waals surface area contributed by atoms with Crippen LogP contribution in [-0.2, 0) is 4.79 Å². The summed E-state index contributed by atoms with van der Waals surface area (Å²) in [5, 5.41) is 9.21. The van der Waals surface area contributed by atoms with Gasteiger partial charge in [0, 0.05) is 5.92 Å². The molecular weight excluding hydrogens is 140 g/mol. The van der Waals surface area contributed by atoms with Crippen molar-refractivity contribution in [2.45, 2.75) is 33.3 Å². The fourth-order valence-corrected chi connectivity index (χ4v) is 0.479. The van der Waals surface area contributed by atoms with E-state index in [1.54, 1.807) is 13.8 Å². The number of allylic oxidation sites excluding steroid dienone is 1. The molecule has 0 unspecified atom stereocenters. The molecule has 0 radical (unpaired) electrons. The fraction of sp³-hybridized carbons (Fsp3) is 0.667. The number of hydrogen-bond acceptors (Lipinski definition) is 2. The second-order valence-electron chi connectivity index (χ2n) is 3.54. The molecule has 0 spiro atoms. The number of ketones is 1. The number of aliphatic hydroxyl groups is 1. The maximum atomic E-state index is 11.0. The highest BCUT2D eigenvalue weighted by atomic mass is 16.3. The zero-order valence-corrected chi connectivity index (χ0v) is 7.59. The van der Waals surface area contributed by atoms with Gasteiger partial charge in [0.15, 0.2) is 5.78 Å². The lowest BCUT2D eigenvalue weighted by Crippen LogP contribution is -2.15. The zero-order valence-electron chi connectivity index (χ0n) is 7.59. The van der Waals surface area contributed by atoms with Crippen molar-refractivity contribution in [3.05, 3.63) is 12.2 Å². The smallest absolute Gasteiger partial charge is 0.157 e. The van der Waals surface area contributed by atoms with Crippen molar-refractivity contribution in [1.82, 2.24) is 0 Å². The van der Waals surface area contributed by atoms with Gasteiger partial charge in [0.25, 0.3) is 0 Å². The van der Waals surface area contributed by atoms with Gasteiger partial charge in [-0.2, -0.15) is 0 Å². The molecule has 2 heteroatoms. The van der Waals surface area contributed by atoms with E-state index in [1.165, 1.54) is 12.2 Å². The zero-order chi connectivity index (χ0) is 9.07. The largest absolute Gasteiger partial charge is 0.386 e. The third-order valence-electron chi connectivity index (χ3n) is 1.22. The van der Waals surface area contributed by atoms with Crippen LogP contribution in [0.25, 0.3) is 0 Å². The topological polar surface area (TPSA) is 37.3 Å². The van der Waals surface area contributed by atoms with Crippen LogP contribution in [0.2, 0.25) is 0 Å². The van der Waals surface area contributed by atoms with Crippen molar-refractivity contribution in [3.63, 3.8) is 0 Å². The lowest BCUT2D eigenvalue weighted by molar-refractivity contribution is -0.117. The molecule has 0 saturated heterocycles. The molecule has 2 nitrogen and oxygen atoms in total. The van der Waals surface area contributed by atoms with Gasteiger partial charge in [-0.05, 0) is 19.9 Å². The summed E-state index contributed by atoms with van der Waals surface area (Å²) in [7, 11) is 0. The van der Waals surface area contributed by atoms with Gasteiger partial charge in [-0.3, -0.25) is 4.79 Å². The first-order valence-electron chi connectivity index (χ1n) is 3.78. The highest BCUT2D eigenvalue weighted by Crippen LogP contribution is 2.04. The van der Waals surface area contributed by atoms with Crippen molar-refractivity contribution in [2.75, 3.05) is 0 Å². The molecule has 0 aromatic carbocycles. The third kappa shape index (κ3) is 5.80. The maximum Gasteiger partial charge on any atom is 0.157 e. The van der Waals surface area contributed by atoms with E-state index in [2.05, 4.69) is 0 Å². The minimum Gasteiger partial charge on any atom is -0.386 e. The van der Waals surface area contributed by atoms with Crippen molar-refractivity contribution >= 4 is 5.78 Å². The summed E-state index contributed by atoms with van der Waals surface area (Å²) in [4.78, 5) is 11.0. The van der Waals surface area contributed by atoms with Crippen LogP contribution < -0.4 is 0 Å². The Morgan fingerprint density at radius 1 is 1.45 bits per heavy atom. The molecule has 11 heavy (non-hydrogen) atoms.